The average molecular weight is 690 g/mol. The number of nitrogen functional groups attached to an aromatic ring is 1. The highest BCUT2D eigenvalue weighted by atomic mass is 79.9. The van der Waals surface area contributed by atoms with Crippen molar-refractivity contribution < 1.29 is 18.4 Å². The lowest BCUT2D eigenvalue weighted by Crippen LogP contribution is -2.47. The van der Waals surface area contributed by atoms with Gasteiger partial charge in [0.05, 0.1) is 33.1 Å². The van der Waals surface area contributed by atoms with Gasteiger partial charge in [-0.15, -0.1) is 5.10 Å². The highest BCUT2D eigenvalue weighted by Crippen LogP contribution is 2.35. The molecule has 7 rings (SSSR count). The Hall–Kier alpha value is -4.65. The summed E-state index contributed by atoms with van der Waals surface area (Å²) in [6, 6.07) is 12.4. The molecule has 2 saturated heterocycles. The van der Waals surface area contributed by atoms with Gasteiger partial charge >= 0.3 is 0 Å². The summed E-state index contributed by atoms with van der Waals surface area (Å²) in [5, 5.41) is 8.13. The number of fused-ring (bicyclic) bond motifs is 1. The van der Waals surface area contributed by atoms with Crippen LogP contribution in [0.5, 0.6) is 0 Å². The number of benzene rings is 3. The van der Waals surface area contributed by atoms with Gasteiger partial charge in [-0.25, -0.2) is 18.4 Å². The predicted octanol–water partition coefficient (Wildman–Crippen LogP) is 5.60. The molecule has 10 nitrogen and oxygen atoms in total. The van der Waals surface area contributed by atoms with Crippen LogP contribution >= 0.6 is 15.9 Å². The molecule has 0 radical (unpaired) electrons. The molecule has 4 heterocycles. The van der Waals surface area contributed by atoms with Crippen molar-refractivity contribution in [1.82, 2.24) is 34.3 Å². The third-order valence-corrected chi connectivity index (χ3v) is 9.85. The summed E-state index contributed by atoms with van der Waals surface area (Å²) in [5.74, 6) is -1.87. The highest BCUT2D eigenvalue weighted by Gasteiger charge is 2.39. The standard InChI is InChI=1S/C33H31BrF2N8O2/c1-18-3-4-19(2)28(13-18)43-17-38-24-14-20(5-6-26(24)43)32(45)41-10-7-21(8-11-41)42-12-9-27(33(42)46)44-16-25(39-40-44)22-15-23(35)29(34)30(36)31(22)37/h3-6,13-17,21,27H,7-12,37H2,1-2H3. The monoisotopic (exact) mass is 688 g/mol. The van der Waals surface area contributed by atoms with Crippen molar-refractivity contribution in [1.29, 1.82) is 0 Å². The van der Waals surface area contributed by atoms with Crippen LogP contribution in [-0.2, 0) is 4.79 Å². The van der Waals surface area contributed by atoms with Gasteiger partial charge in [-0.2, -0.15) is 0 Å². The Morgan fingerprint density at radius 3 is 2.59 bits per heavy atom. The minimum Gasteiger partial charge on any atom is -0.396 e. The molecule has 0 bridgehead atoms. The smallest absolute Gasteiger partial charge is 0.253 e. The maximum Gasteiger partial charge on any atom is 0.253 e. The fourth-order valence-electron chi connectivity index (χ4n) is 6.55. The number of carbonyl (C=O) groups excluding carboxylic acids is 2. The summed E-state index contributed by atoms with van der Waals surface area (Å²) in [4.78, 5) is 35.2. The van der Waals surface area contributed by atoms with Crippen molar-refractivity contribution >= 4 is 44.5 Å². The van der Waals surface area contributed by atoms with Crippen molar-refractivity contribution in [2.24, 2.45) is 0 Å². The molecule has 0 saturated carbocycles. The first-order valence-electron chi connectivity index (χ1n) is 15.1. The zero-order valence-corrected chi connectivity index (χ0v) is 26.8. The average Bonchev–Trinajstić information content (AvgIpc) is 3.81. The van der Waals surface area contributed by atoms with E-state index in [1.54, 1.807) is 6.33 Å². The predicted molar refractivity (Wildman–Crippen MR) is 172 cm³/mol. The summed E-state index contributed by atoms with van der Waals surface area (Å²) in [6.45, 7) is 5.72. The van der Waals surface area contributed by atoms with Gasteiger partial charge in [0, 0.05) is 36.8 Å². The van der Waals surface area contributed by atoms with Gasteiger partial charge in [0.15, 0.2) is 5.82 Å². The van der Waals surface area contributed by atoms with E-state index in [0.717, 1.165) is 33.9 Å². The summed E-state index contributed by atoms with van der Waals surface area (Å²) >= 11 is 2.85. The Bertz CT molecular complexity index is 2020. The second-order valence-corrected chi connectivity index (χ2v) is 12.8. The van der Waals surface area contributed by atoms with Crippen LogP contribution in [0.2, 0.25) is 0 Å². The molecule has 2 aromatic heterocycles. The van der Waals surface area contributed by atoms with Crippen molar-refractivity contribution in [2.45, 2.75) is 45.2 Å². The lowest BCUT2D eigenvalue weighted by atomic mass is 10.0. The van der Waals surface area contributed by atoms with Gasteiger partial charge in [0.1, 0.15) is 23.9 Å². The molecule has 2 aliphatic rings. The summed E-state index contributed by atoms with van der Waals surface area (Å²) in [5.41, 5.74) is 11.5. The maximum absolute atomic E-state index is 14.3. The second-order valence-electron chi connectivity index (χ2n) is 12.0. The number of imidazole rings is 1. The van der Waals surface area contributed by atoms with Gasteiger partial charge in [0.2, 0.25) is 5.91 Å². The second kappa shape index (κ2) is 11.6. The number of likely N-dealkylation sites (tertiary alicyclic amines) is 2. The van der Waals surface area contributed by atoms with Crippen LogP contribution in [0, 0.1) is 25.5 Å². The molecule has 2 N–H and O–H groups in total. The Morgan fingerprint density at radius 2 is 1.80 bits per heavy atom. The number of aryl methyl sites for hydroxylation is 2. The van der Waals surface area contributed by atoms with Crippen molar-refractivity contribution in [3.05, 3.63) is 87.8 Å². The van der Waals surface area contributed by atoms with Crippen LogP contribution in [-0.4, -0.2) is 71.8 Å². The Kier molecular flexibility index (Phi) is 7.58. The zero-order chi connectivity index (χ0) is 32.3. The van der Waals surface area contributed by atoms with Crippen molar-refractivity contribution in [3.8, 4) is 16.9 Å². The van der Waals surface area contributed by atoms with E-state index in [0.29, 0.717) is 44.5 Å². The van der Waals surface area contributed by atoms with E-state index in [2.05, 4.69) is 63.3 Å². The number of halogens is 3. The van der Waals surface area contributed by atoms with Crippen LogP contribution < -0.4 is 5.73 Å². The maximum atomic E-state index is 14.3. The Morgan fingerprint density at radius 1 is 1.02 bits per heavy atom. The van der Waals surface area contributed by atoms with E-state index in [4.69, 9.17) is 5.73 Å². The third kappa shape index (κ3) is 5.12. The Labute approximate surface area is 271 Å². The zero-order valence-electron chi connectivity index (χ0n) is 25.3. The lowest BCUT2D eigenvalue weighted by molar-refractivity contribution is -0.133. The van der Waals surface area contributed by atoms with Gasteiger partial charge in [-0.05, 0) is 90.5 Å². The van der Waals surface area contributed by atoms with E-state index < -0.39 is 17.7 Å². The number of piperidine rings is 1. The van der Waals surface area contributed by atoms with Crippen LogP contribution in [0.15, 0.2) is 59.5 Å². The van der Waals surface area contributed by atoms with Gasteiger partial charge < -0.3 is 15.5 Å². The molecule has 236 valence electrons. The minimum atomic E-state index is -0.915. The molecule has 0 aliphatic carbocycles. The number of rotatable bonds is 5. The number of amides is 2. The first-order chi connectivity index (χ1) is 22.1. The van der Waals surface area contributed by atoms with Gasteiger partial charge in [-0.1, -0.05) is 17.3 Å². The molecule has 1 unspecified atom stereocenters. The fraction of sp³-hybridized carbons (Fsp3) is 0.303. The molecule has 5 aromatic rings. The summed E-state index contributed by atoms with van der Waals surface area (Å²) in [6.07, 6.45) is 5.12. The van der Waals surface area contributed by atoms with Crippen LogP contribution in [0.1, 0.15) is 46.8 Å². The van der Waals surface area contributed by atoms with Crippen molar-refractivity contribution in [3.63, 3.8) is 0 Å². The number of hydrogen-bond donors (Lipinski definition) is 1. The molecule has 2 fully saturated rings. The highest BCUT2D eigenvalue weighted by molar-refractivity contribution is 9.10. The van der Waals surface area contributed by atoms with Crippen LogP contribution in [0.4, 0.5) is 14.5 Å². The normalized spacial score (nSPS) is 17.4. The molecule has 46 heavy (non-hydrogen) atoms. The topological polar surface area (TPSA) is 115 Å². The Balaban J connectivity index is 1.00. The summed E-state index contributed by atoms with van der Waals surface area (Å²) in [7, 11) is 0. The number of nitrogens with two attached hydrogens (primary N) is 1. The molecular weight excluding hydrogens is 658 g/mol. The van der Waals surface area contributed by atoms with E-state index in [-0.39, 0.29) is 39.3 Å². The molecule has 3 aromatic carbocycles. The first kappa shape index (κ1) is 30.0. The van der Waals surface area contributed by atoms with E-state index in [1.807, 2.05) is 32.6 Å². The number of anilines is 1. The number of nitrogens with zero attached hydrogens (tertiary/aromatic N) is 7. The van der Waals surface area contributed by atoms with Crippen LogP contribution in [0.25, 0.3) is 28.0 Å². The number of aromatic nitrogens is 5. The minimum absolute atomic E-state index is 0.00870. The number of hydrogen-bond acceptors (Lipinski definition) is 6. The SMILES string of the molecule is Cc1ccc(C)c(-n2cnc3cc(C(=O)N4CCC(N5CCC(n6cc(-c7cc(F)c(Br)c(F)c7N)nn6)C5=O)CC4)ccc32)c1. The first-order valence-corrected chi connectivity index (χ1v) is 15.9. The lowest BCUT2D eigenvalue weighted by Gasteiger charge is -2.36. The van der Waals surface area contributed by atoms with Gasteiger partial charge in [0.25, 0.3) is 5.91 Å². The fourth-order valence-corrected chi connectivity index (χ4v) is 6.88. The quantitative estimate of drug-likeness (QED) is 0.190. The van der Waals surface area contributed by atoms with Crippen LogP contribution in [0.3, 0.4) is 0 Å². The van der Waals surface area contributed by atoms with Gasteiger partial charge in [-0.3, -0.25) is 14.2 Å². The molecule has 13 heteroatoms. The van der Waals surface area contributed by atoms with Crippen molar-refractivity contribution in [2.75, 3.05) is 25.4 Å². The van der Waals surface area contributed by atoms with E-state index in [9.17, 15) is 18.4 Å². The summed E-state index contributed by atoms with van der Waals surface area (Å²) < 4.78 is 31.6. The molecule has 0 spiro atoms. The third-order valence-electron chi connectivity index (χ3n) is 9.13. The number of carbonyl (C=O) groups is 2. The molecular formula is C33H31BrF2N8O2. The largest absolute Gasteiger partial charge is 0.396 e. The van der Waals surface area contributed by atoms with E-state index in [1.165, 1.54) is 10.9 Å². The molecule has 1 atom stereocenters. The molecule has 2 amide bonds. The molecule has 2 aliphatic heterocycles. The van der Waals surface area contributed by atoms with E-state index >= 15 is 0 Å².